The minimum absolute atomic E-state index is 0.0136. The van der Waals surface area contributed by atoms with Gasteiger partial charge in [-0.15, -0.1) is 0 Å². The number of hydrogen-bond acceptors (Lipinski definition) is 4. The van der Waals surface area contributed by atoms with Gasteiger partial charge in [0.25, 0.3) is 15.7 Å². The summed E-state index contributed by atoms with van der Waals surface area (Å²) in [6, 6.07) is 10.7. The highest BCUT2D eigenvalue weighted by molar-refractivity contribution is 7.89. The molecule has 0 amide bonds. The Bertz CT molecular complexity index is 1210. The molecule has 0 spiro atoms. The van der Waals surface area contributed by atoms with Crippen molar-refractivity contribution in [2.45, 2.75) is 17.5 Å². The zero-order valence-electron chi connectivity index (χ0n) is 14.9. The number of nitrogens with zero attached hydrogens (tertiary/aromatic N) is 3. The largest absolute Gasteiger partial charge is 0.348 e. The highest BCUT2D eigenvalue weighted by atomic mass is 32.2. The van der Waals surface area contributed by atoms with Crippen molar-refractivity contribution in [2.24, 2.45) is 0 Å². The van der Waals surface area contributed by atoms with Gasteiger partial charge in [-0.3, -0.25) is 10.1 Å². The van der Waals surface area contributed by atoms with Gasteiger partial charge >= 0.3 is 0 Å². The second kappa shape index (κ2) is 7.05. The number of fused-ring (bicyclic) bond motifs is 1. The molecule has 2 heterocycles. The van der Waals surface area contributed by atoms with Crippen molar-refractivity contribution in [3.63, 3.8) is 0 Å². The summed E-state index contributed by atoms with van der Waals surface area (Å²) in [4.78, 5) is 10.2. The standard InChI is InChI=1S/C19H15F2N3O4S/c20-14-8-7-13(12-15(14)21)19-17-5-3-9-22(17)10-11-23(19)29(27,28)18-6-2-1-4-16(18)24(25)26/h1-9,12,19H,10-11H2. The van der Waals surface area contributed by atoms with Crippen LogP contribution in [-0.2, 0) is 16.6 Å². The lowest BCUT2D eigenvalue weighted by atomic mass is 10.0. The molecule has 0 saturated heterocycles. The number of nitro benzene ring substituents is 1. The molecule has 29 heavy (non-hydrogen) atoms. The molecule has 7 nitrogen and oxygen atoms in total. The fraction of sp³-hybridized carbons (Fsp3) is 0.158. The fourth-order valence-electron chi connectivity index (χ4n) is 3.59. The van der Waals surface area contributed by atoms with Crippen LogP contribution in [-0.4, -0.2) is 28.8 Å². The van der Waals surface area contributed by atoms with Crippen LogP contribution in [0.2, 0.25) is 0 Å². The van der Waals surface area contributed by atoms with Gasteiger partial charge in [0.15, 0.2) is 16.5 Å². The number of nitro groups is 1. The average Bonchev–Trinajstić information content (AvgIpc) is 3.18. The minimum atomic E-state index is -4.32. The molecule has 10 heteroatoms. The molecule has 2 aromatic carbocycles. The number of hydrogen-bond donors (Lipinski definition) is 0. The van der Waals surface area contributed by atoms with E-state index in [0.717, 1.165) is 22.5 Å². The van der Waals surface area contributed by atoms with Crippen molar-refractivity contribution >= 4 is 15.7 Å². The van der Waals surface area contributed by atoms with E-state index >= 15 is 0 Å². The van der Waals surface area contributed by atoms with E-state index in [1.807, 2.05) is 4.57 Å². The summed E-state index contributed by atoms with van der Waals surface area (Å²) in [6.07, 6.45) is 1.76. The Morgan fingerprint density at radius 1 is 1.00 bits per heavy atom. The molecular formula is C19H15F2N3O4S. The summed E-state index contributed by atoms with van der Waals surface area (Å²) in [5.74, 6) is -2.15. The zero-order valence-corrected chi connectivity index (χ0v) is 15.7. The first-order valence-electron chi connectivity index (χ1n) is 8.66. The summed E-state index contributed by atoms with van der Waals surface area (Å²) in [6.45, 7) is 0.335. The summed E-state index contributed by atoms with van der Waals surface area (Å²) in [5, 5.41) is 11.4. The van der Waals surface area contributed by atoms with Crippen molar-refractivity contribution in [3.05, 3.63) is 93.8 Å². The molecule has 150 valence electrons. The Hall–Kier alpha value is -3.11. The van der Waals surface area contributed by atoms with Crippen LogP contribution in [0, 0.1) is 21.7 Å². The van der Waals surface area contributed by atoms with Gasteiger partial charge in [-0.1, -0.05) is 18.2 Å². The summed E-state index contributed by atoms with van der Waals surface area (Å²) in [5.41, 5.74) is 0.243. The Labute approximate surface area is 165 Å². The molecule has 1 unspecified atom stereocenters. The molecule has 0 radical (unpaired) electrons. The molecule has 3 aromatic rings. The maximum atomic E-state index is 13.9. The SMILES string of the molecule is O=[N+]([O-])c1ccccc1S(=O)(=O)N1CCn2cccc2C1c1ccc(F)c(F)c1. The second-order valence-electron chi connectivity index (χ2n) is 6.54. The fourth-order valence-corrected chi connectivity index (χ4v) is 5.33. The molecule has 1 aliphatic heterocycles. The lowest BCUT2D eigenvalue weighted by molar-refractivity contribution is -0.387. The minimum Gasteiger partial charge on any atom is -0.348 e. The first-order valence-corrected chi connectivity index (χ1v) is 10.1. The van der Waals surface area contributed by atoms with Crippen LogP contribution in [0.3, 0.4) is 0 Å². The van der Waals surface area contributed by atoms with Gasteiger partial charge in [-0.05, 0) is 35.9 Å². The topological polar surface area (TPSA) is 85.4 Å². The second-order valence-corrected chi connectivity index (χ2v) is 8.40. The van der Waals surface area contributed by atoms with Crippen molar-refractivity contribution in [1.82, 2.24) is 8.87 Å². The van der Waals surface area contributed by atoms with Crippen LogP contribution < -0.4 is 0 Å². The molecule has 1 aliphatic rings. The van der Waals surface area contributed by atoms with Crippen LogP contribution in [0.4, 0.5) is 14.5 Å². The first kappa shape index (κ1) is 19.2. The van der Waals surface area contributed by atoms with E-state index in [2.05, 4.69) is 0 Å². The lowest BCUT2D eigenvalue weighted by Crippen LogP contribution is -2.42. The first-order chi connectivity index (χ1) is 13.8. The van der Waals surface area contributed by atoms with E-state index in [1.54, 1.807) is 18.3 Å². The van der Waals surface area contributed by atoms with Gasteiger partial charge in [-0.2, -0.15) is 4.31 Å². The number of sulfonamides is 1. The molecular weight excluding hydrogens is 404 g/mol. The quantitative estimate of drug-likeness (QED) is 0.479. The maximum Gasteiger partial charge on any atom is 0.289 e. The van der Waals surface area contributed by atoms with Crippen LogP contribution >= 0.6 is 0 Å². The average molecular weight is 419 g/mol. The van der Waals surface area contributed by atoms with Crippen LogP contribution in [0.1, 0.15) is 17.3 Å². The molecule has 0 saturated carbocycles. The normalized spacial score (nSPS) is 17.1. The lowest BCUT2D eigenvalue weighted by Gasteiger charge is -2.36. The predicted molar refractivity (Wildman–Crippen MR) is 99.6 cm³/mol. The van der Waals surface area contributed by atoms with Crippen LogP contribution in [0.25, 0.3) is 0 Å². The molecule has 4 rings (SSSR count). The molecule has 0 aliphatic carbocycles. The van der Waals surface area contributed by atoms with Crippen LogP contribution in [0.5, 0.6) is 0 Å². The van der Waals surface area contributed by atoms with Crippen molar-refractivity contribution < 1.29 is 22.1 Å². The third-order valence-corrected chi connectivity index (χ3v) is 6.81. The third kappa shape index (κ3) is 3.19. The van der Waals surface area contributed by atoms with Gasteiger partial charge in [0.05, 0.1) is 11.0 Å². The van der Waals surface area contributed by atoms with Gasteiger partial charge in [-0.25, -0.2) is 17.2 Å². The van der Waals surface area contributed by atoms with Gasteiger partial charge in [0.2, 0.25) is 0 Å². The Balaban J connectivity index is 1.90. The summed E-state index contributed by atoms with van der Waals surface area (Å²) in [7, 11) is -4.32. The van der Waals surface area contributed by atoms with Gasteiger partial charge in [0, 0.05) is 31.0 Å². The number of aromatic nitrogens is 1. The number of rotatable bonds is 4. The maximum absolute atomic E-state index is 13.9. The van der Waals surface area contributed by atoms with E-state index in [4.69, 9.17) is 0 Å². The van der Waals surface area contributed by atoms with Crippen molar-refractivity contribution in [1.29, 1.82) is 0 Å². The monoisotopic (exact) mass is 419 g/mol. The van der Waals surface area contributed by atoms with Crippen LogP contribution in [0.15, 0.2) is 65.7 Å². The third-order valence-electron chi connectivity index (χ3n) is 4.90. The summed E-state index contributed by atoms with van der Waals surface area (Å²) >= 11 is 0. The Morgan fingerprint density at radius 3 is 2.48 bits per heavy atom. The van der Waals surface area contributed by atoms with Gasteiger partial charge in [0.1, 0.15) is 0 Å². The number of benzene rings is 2. The van der Waals surface area contributed by atoms with E-state index < -0.39 is 43.2 Å². The highest BCUT2D eigenvalue weighted by Crippen LogP contribution is 2.38. The smallest absolute Gasteiger partial charge is 0.289 e. The zero-order chi connectivity index (χ0) is 20.8. The Morgan fingerprint density at radius 2 is 1.76 bits per heavy atom. The van der Waals surface area contributed by atoms with E-state index in [1.165, 1.54) is 24.3 Å². The molecule has 0 fully saturated rings. The number of para-hydroxylation sites is 1. The van der Waals surface area contributed by atoms with E-state index in [9.17, 15) is 27.3 Å². The van der Waals surface area contributed by atoms with Crippen molar-refractivity contribution in [3.8, 4) is 0 Å². The number of halogens is 2. The molecule has 1 aromatic heterocycles. The van der Waals surface area contributed by atoms with E-state index in [-0.39, 0.29) is 12.1 Å². The van der Waals surface area contributed by atoms with E-state index in [0.29, 0.717) is 12.2 Å². The predicted octanol–water partition coefficient (Wildman–Crippen LogP) is 3.47. The Kier molecular flexibility index (Phi) is 4.67. The molecule has 1 atom stereocenters. The highest BCUT2D eigenvalue weighted by Gasteiger charge is 2.40. The summed E-state index contributed by atoms with van der Waals surface area (Å²) < 4.78 is 57.1. The van der Waals surface area contributed by atoms with Gasteiger partial charge < -0.3 is 4.57 Å². The molecule has 0 bridgehead atoms. The van der Waals surface area contributed by atoms with Crippen molar-refractivity contribution in [2.75, 3.05) is 6.54 Å². The molecule has 0 N–H and O–H groups in total.